The second-order valence-electron chi connectivity index (χ2n) is 6.68. The van der Waals surface area contributed by atoms with Gasteiger partial charge in [-0.2, -0.15) is 11.8 Å². The molecule has 1 saturated heterocycles. The molecule has 0 atom stereocenters. The fourth-order valence-corrected chi connectivity index (χ4v) is 5.13. The number of hydrogen-bond donors (Lipinski definition) is 0. The van der Waals surface area contributed by atoms with Crippen molar-refractivity contribution < 1.29 is 0 Å². The van der Waals surface area contributed by atoms with Gasteiger partial charge in [-0.15, -0.1) is 0 Å². The first-order valence-corrected chi connectivity index (χ1v) is 9.66. The molecule has 0 amide bonds. The minimum Gasteiger partial charge on any atom is -0.298 e. The molecule has 0 aromatic rings. The Morgan fingerprint density at radius 1 is 0.684 bits per heavy atom. The van der Waals surface area contributed by atoms with Crippen LogP contribution >= 0.6 is 11.8 Å². The summed E-state index contributed by atoms with van der Waals surface area (Å²) in [4.78, 5) is 5.60. The molecular formula is C16H30N2S. The lowest BCUT2D eigenvalue weighted by molar-refractivity contribution is 0.0584. The van der Waals surface area contributed by atoms with Gasteiger partial charge in [-0.25, -0.2) is 0 Å². The lowest BCUT2D eigenvalue weighted by Crippen LogP contribution is -2.53. The zero-order valence-electron chi connectivity index (χ0n) is 12.5. The van der Waals surface area contributed by atoms with Crippen LogP contribution in [0.5, 0.6) is 0 Å². The maximum absolute atomic E-state index is 2.81. The Labute approximate surface area is 123 Å². The van der Waals surface area contributed by atoms with Crippen molar-refractivity contribution in [2.75, 3.05) is 32.4 Å². The Morgan fingerprint density at radius 3 is 1.63 bits per heavy atom. The maximum atomic E-state index is 2.81. The van der Waals surface area contributed by atoms with Gasteiger partial charge in [-0.05, 0) is 44.8 Å². The first-order chi connectivity index (χ1) is 9.36. The first-order valence-electron chi connectivity index (χ1n) is 8.37. The van der Waals surface area contributed by atoms with Crippen LogP contribution in [0.1, 0.15) is 51.4 Å². The van der Waals surface area contributed by atoms with Crippen LogP contribution in [0.15, 0.2) is 0 Å². The van der Waals surface area contributed by atoms with Crippen LogP contribution in [0.3, 0.4) is 0 Å². The normalized spacial score (nSPS) is 35.8. The molecule has 0 aromatic heterocycles. The summed E-state index contributed by atoms with van der Waals surface area (Å²) in [6.45, 7) is 5.36. The van der Waals surface area contributed by atoms with Crippen LogP contribution < -0.4 is 0 Å². The lowest BCUT2D eigenvalue weighted by Gasteiger charge is -2.43. The third kappa shape index (κ3) is 3.48. The van der Waals surface area contributed by atoms with Crippen LogP contribution in [0.2, 0.25) is 0 Å². The third-order valence-corrected chi connectivity index (χ3v) is 6.82. The minimum absolute atomic E-state index is 0.911. The number of hydrogen-bond acceptors (Lipinski definition) is 3. The van der Waals surface area contributed by atoms with Crippen molar-refractivity contribution in [2.45, 2.75) is 68.7 Å². The monoisotopic (exact) mass is 282 g/mol. The lowest BCUT2D eigenvalue weighted by atomic mass is 9.93. The molecule has 1 heterocycles. The summed E-state index contributed by atoms with van der Waals surface area (Å²) in [5, 5.41) is 0.955. The molecule has 0 unspecified atom stereocenters. The fraction of sp³-hybridized carbons (Fsp3) is 1.00. The molecule has 0 N–H and O–H groups in total. The molecule has 3 heteroatoms. The highest BCUT2D eigenvalue weighted by Gasteiger charge is 2.30. The maximum Gasteiger partial charge on any atom is 0.0113 e. The molecule has 2 nitrogen and oxygen atoms in total. The van der Waals surface area contributed by atoms with Crippen molar-refractivity contribution in [1.82, 2.24) is 9.80 Å². The SMILES string of the molecule is CSC1CCC(N2CCN(C3CCCC3)CC2)CC1. The molecule has 0 spiro atoms. The average Bonchev–Trinajstić information content (AvgIpc) is 3.02. The predicted molar refractivity (Wildman–Crippen MR) is 85.0 cm³/mol. The quantitative estimate of drug-likeness (QED) is 0.785. The van der Waals surface area contributed by atoms with E-state index in [2.05, 4.69) is 27.8 Å². The van der Waals surface area contributed by atoms with E-state index >= 15 is 0 Å². The molecule has 0 bridgehead atoms. The smallest absolute Gasteiger partial charge is 0.0113 e. The van der Waals surface area contributed by atoms with Gasteiger partial charge >= 0.3 is 0 Å². The second-order valence-corrected chi connectivity index (χ2v) is 7.81. The minimum atomic E-state index is 0.911. The van der Waals surface area contributed by atoms with E-state index in [1.165, 1.54) is 77.5 Å². The predicted octanol–water partition coefficient (Wildman–Crippen LogP) is 3.22. The molecule has 2 saturated carbocycles. The highest BCUT2D eigenvalue weighted by Crippen LogP contribution is 2.31. The van der Waals surface area contributed by atoms with E-state index in [4.69, 9.17) is 0 Å². The number of rotatable bonds is 3. The van der Waals surface area contributed by atoms with Gasteiger partial charge in [0.05, 0.1) is 0 Å². The van der Waals surface area contributed by atoms with Gasteiger partial charge < -0.3 is 0 Å². The van der Waals surface area contributed by atoms with Crippen molar-refractivity contribution >= 4 is 11.8 Å². The van der Waals surface area contributed by atoms with Gasteiger partial charge in [-0.1, -0.05) is 12.8 Å². The van der Waals surface area contributed by atoms with E-state index < -0.39 is 0 Å². The highest BCUT2D eigenvalue weighted by molar-refractivity contribution is 7.99. The van der Waals surface area contributed by atoms with E-state index in [0.29, 0.717) is 0 Å². The van der Waals surface area contributed by atoms with Crippen molar-refractivity contribution in [2.24, 2.45) is 0 Å². The Morgan fingerprint density at radius 2 is 1.16 bits per heavy atom. The molecule has 110 valence electrons. The largest absolute Gasteiger partial charge is 0.298 e. The summed E-state index contributed by atoms with van der Waals surface area (Å²) in [5.41, 5.74) is 0. The van der Waals surface area contributed by atoms with E-state index in [0.717, 1.165) is 17.3 Å². The summed E-state index contributed by atoms with van der Waals surface area (Å²) in [7, 11) is 0. The molecule has 0 aromatic carbocycles. The van der Waals surface area contributed by atoms with Gasteiger partial charge in [0.25, 0.3) is 0 Å². The van der Waals surface area contributed by atoms with Crippen LogP contribution in [-0.4, -0.2) is 59.6 Å². The fourth-order valence-electron chi connectivity index (χ4n) is 4.38. The highest BCUT2D eigenvalue weighted by atomic mass is 32.2. The molecule has 3 aliphatic rings. The molecule has 0 radical (unpaired) electrons. The Balaban J connectivity index is 1.42. The van der Waals surface area contributed by atoms with Crippen LogP contribution in [-0.2, 0) is 0 Å². The van der Waals surface area contributed by atoms with E-state index in [1.54, 1.807) is 0 Å². The average molecular weight is 282 g/mol. The summed E-state index contributed by atoms with van der Waals surface area (Å²) in [6, 6.07) is 1.85. The molecule has 3 fully saturated rings. The van der Waals surface area contributed by atoms with E-state index in [9.17, 15) is 0 Å². The standard InChI is InChI=1S/C16H30N2S/c1-19-16-8-6-15(7-9-16)18-12-10-17(11-13-18)14-4-2-3-5-14/h14-16H,2-13H2,1H3. The zero-order valence-corrected chi connectivity index (χ0v) is 13.3. The summed E-state index contributed by atoms with van der Waals surface area (Å²) in [6.07, 6.45) is 14.0. The first kappa shape index (κ1) is 14.2. The Bertz CT molecular complexity index is 262. The Hall–Kier alpha value is 0.270. The zero-order chi connectivity index (χ0) is 13.1. The summed E-state index contributed by atoms with van der Waals surface area (Å²) in [5.74, 6) is 0. The van der Waals surface area contributed by atoms with E-state index in [1.807, 2.05) is 0 Å². The van der Waals surface area contributed by atoms with Crippen molar-refractivity contribution in [3.8, 4) is 0 Å². The van der Waals surface area contributed by atoms with Crippen molar-refractivity contribution in [1.29, 1.82) is 0 Å². The second kappa shape index (κ2) is 6.82. The van der Waals surface area contributed by atoms with Gasteiger partial charge in [0.15, 0.2) is 0 Å². The van der Waals surface area contributed by atoms with E-state index in [-0.39, 0.29) is 0 Å². The van der Waals surface area contributed by atoms with Crippen LogP contribution in [0, 0.1) is 0 Å². The van der Waals surface area contributed by atoms with Gasteiger partial charge in [0.2, 0.25) is 0 Å². The summed E-state index contributed by atoms with van der Waals surface area (Å²) >= 11 is 2.08. The van der Waals surface area contributed by atoms with Crippen molar-refractivity contribution in [3.63, 3.8) is 0 Å². The van der Waals surface area contributed by atoms with Gasteiger partial charge in [-0.3, -0.25) is 9.80 Å². The number of thioether (sulfide) groups is 1. The summed E-state index contributed by atoms with van der Waals surface area (Å²) < 4.78 is 0. The number of nitrogens with zero attached hydrogens (tertiary/aromatic N) is 2. The van der Waals surface area contributed by atoms with Gasteiger partial charge in [0, 0.05) is 43.5 Å². The molecule has 2 aliphatic carbocycles. The van der Waals surface area contributed by atoms with Crippen molar-refractivity contribution in [3.05, 3.63) is 0 Å². The molecule has 1 aliphatic heterocycles. The molecule has 19 heavy (non-hydrogen) atoms. The molecule has 3 rings (SSSR count). The van der Waals surface area contributed by atoms with Gasteiger partial charge in [0.1, 0.15) is 0 Å². The Kier molecular flexibility index (Phi) is 5.10. The van der Waals surface area contributed by atoms with Crippen LogP contribution in [0.25, 0.3) is 0 Å². The topological polar surface area (TPSA) is 6.48 Å². The van der Waals surface area contributed by atoms with Crippen LogP contribution in [0.4, 0.5) is 0 Å². The third-order valence-electron chi connectivity index (χ3n) is 5.68. The number of piperazine rings is 1. The molecular weight excluding hydrogens is 252 g/mol.